The molecular weight excluding hydrogens is 184 g/mol. The first-order valence-electron chi connectivity index (χ1n) is 4.62. The average molecular weight is 201 g/mol. The van der Waals surface area contributed by atoms with Crippen LogP contribution in [0.15, 0.2) is 15.7 Å². The van der Waals surface area contributed by atoms with E-state index in [4.69, 9.17) is 17.3 Å². The molecule has 74 valence electrons. The number of halogens is 1. The highest BCUT2D eigenvalue weighted by atomic mass is 35.5. The fraction of sp³-hybridized carbons (Fsp3) is 0.700. The number of hydrogen-bond acceptors (Lipinski definition) is 2. The molecule has 1 aliphatic carbocycles. The zero-order valence-corrected chi connectivity index (χ0v) is 9.23. The molecule has 1 saturated carbocycles. The minimum atomic E-state index is 0.165. The average Bonchev–Trinajstić information content (AvgIpc) is 2.83. The molecule has 3 heteroatoms. The van der Waals surface area contributed by atoms with Gasteiger partial charge >= 0.3 is 0 Å². The van der Waals surface area contributed by atoms with Crippen molar-refractivity contribution >= 4 is 17.8 Å². The van der Waals surface area contributed by atoms with E-state index in [2.05, 4.69) is 18.8 Å². The Morgan fingerprint density at radius 3 is 2.38 bits per heavy atom. The number of rotatable bonds is 3. The first kappa shape index (κ1) is 10.6. The molecule has 1 fully saturated rings. The lowest BCUT2D eigenvalue weighted by atomic mass is 9.89. The molecule has 0 unspecified atom stereocenters. The Bertz CT molecular complexity index is 250. The van der Waals surface area contributed by atoms with Crippen LogP contribution in [0.2, 0.25) is 0 Å². The summed E-state index contributed by atoms with van der Waals surface area (Å²) in [6, 6.07) is 0. The number of allylic oxidation sites excluding steroid dienone is 2. The third-order valence-corrected chi connectivity index (χ3v) is 3.23. The Morgan fingerprint density at radius 1 is 1.54 bits per heavy atom. The molecule has 0 spiro atoms. The van der Waals surface area contributed by atoms with Crippen LogP contribution in [-0.2, 0) is 0 Å². The Kier molecular flexibility index (Phi) is 3.01. The maximum Gasteiger partial charge on any atom is 0.0777 e. The summed E-state index contributed by atoms with van der Waals surface area (Å²) in [5.74, 6) is 0.562. The molecule has 0 atom stereocenters. The Hall–Kier alpha value is -0.500. The lowest BCUT2D eigenvalue weighted by molar-refractivity contribution is 0.418. The largest absolute Gasteiger partial charge is 0.400 e. The van der Waals surface area contributed by atoms with Crippen LogP contribution in [0.3, 0.4) is 0 Å². The highest BCUT2D eigenvalue weighted by molar-refractivity contribution is 6.39. The topological polar surface area (TPSA) is 38.4 Å². The molecule has 2 N–H and O–H groups in total. The monoisotopic (exact) mass is 200 g/mol. The van der Waals surface area contributed by atoms with Crippen LogP contribution < -0.4 is 5.73 Å². The van der Waals surface area contributed by atoms with E-state index in [0.717, 1.165) is 18.5 Å². The summed E-state index contributed by atoms with van der Waals surface area (Å²) in [4.78, 5) is 3.86. The van der Waals surface area contributed by atoms with Crippen LogP contribution in [0.4, 0.5) is 0 Å². The zero-order valence-electron chi connectivity index (χ0n) is 8.47. The second-order valence-electron chi connectivity index (χ2n) is 3.96. The van der Waals surface area contributed by atoms with Gasteiger partial charge in [-0.2, -0.15) is 0 Å². The molecule has 1 rings (SSSR count). The summed E-state index contributed by atoms with van der Waals surface area (Å²) in [5, 5.41) is 0.605. The van der Waals surface area contributed by atoms with Crippen LogP contribution in [0.25, 0.3) is 0 Å². The quantitative estimate of drug-likeness (QED) is 0.699. The van der Waals surface area contributed by atoms with Crippen molar-refractivity contribution in [1.29, 1.82) is 0 Å². The van der Waals surface area contributed by atoms with Crippen molar-refractivity contribution in [3.63, 3.8) is 0 Å². The Labute approximate surface area is 84.9 Å². The van der Waals surface area contributed by atoms with Crippen molar-refractivity contribution < 1.29 is 0 Å². The lowest BCUT2D eigenvalue weighted by Crippen LogP contribution is -2.20. The molecule has 2 nitrogen and oxygen atoms in total. The summed E-state index contributed by atoms with van der Waals surface area (Å²) < 4.78 is 0. The number of aliphatic imine (C=N–C) groups is 1. The van der Waals surface area contributed by atoms with Crippen LogP contribution in [-0.4, -0.2) is 13.3 Å². The summed E-state index contributed by atoms with van der Waals surface area (Å²) in [5.41, 5.74) is 6.98. The first-order chi connectivity index (χ1) is 6.04. The Morgan fingerprint density at radius 2 is 2.08 bits per heavy atom. The van der Waals surface area contributed by atoms with Gasteiger partial charge in [0.05, 0.1) is 5.03 Å². The molecule has 0 bridgehead atoms. The van der Waals surface area contributed by atoms with Gasteiger partial charge in [-0.1, -0.05) is 25.4 Å². The van der Waals surface area contributed by atoms with Gasteiger partial charge in [-0.3, -0.25) is 4.99 Å². The molecule has 0 aromatic carbocycles. The maximum absolute atomic E-state index is 6.01. The minimum Gasteiger partial charge on any atom is -0.400 e. The van der Waals surface area contributed by atoms with Gasteiger partial charge in [-0.15, -0.1) is 0 Å². The van der Waals surface area contributed by atoms with Crippen molar-refractivity contribution in [2.24, 2.45) is 22.1 Å². The van der Waals surface area contributed by atoms with Crippen LogP contribution in [0.5, 0.6) is 0 Å². The van der Waals surface area contributed by atoms with Gasteiger partial charge in [0.2, 0.25) is 0 Å². The van der Waals surface area contributed by atoms with Crippen molar-refractivity contribution in [1.82, 2.24) is 0 Å². The van der Waals surface area contributed by atoms with Gasteiger partial charge in [-0.05, 0) is 18.8 Å². The fourth-order valence-electron chi connectivity index (χ4n) is 1.71. The maximum atomic E-state index is 6.01. The molecule has 0 radical (unpaired) electrons. The van der Waals surface area contributed by atoms with E-state index in [1.54, 1.807) is 13.3 Å². The predicted octanol–water partition coefficient (Wildman–Crippen LogP) is 2.53. The van der Waals surface area contributed by atoms with Crippen molar-refractivity contribution in [2.45, 2.75) is 26.7 Å². The van der Waals surface area contributed by atoms with E-state index in [1.165, 1.54) is 0 Å². The van der Waals surface area contributed by atoms with Crippen molar-refractivity contribution in [3.8, 4) is 0 Å². The molecule has 0 aromatic heterocycles. The molecule has 1 aliphatic rings. The number of hydrogen-bond donors (Lipinski definition) is 1. The normalized spacial score (nSPS) is 22.2. The van der Waals surface area contributed by atoms with E-state index in [1.807, 2.05) is 0 Å². The van der Waals surface area contributed by atoms with Gasteiger partial charge in [0.15, 0.2) is 0 Å². The van der Waals surface area contributed by atoms with Gasteiger partial charge in [0, 0.05) is 24.4 Å². The summed E-state index contributed by atoms with van der Waals surface area (Å²) in [7, 11) is 1.70. The predicted molar refractivity (Wildman–Crippen MR) is 58.0 cm³/mol. The van der Waals surface area contributed by atoms with E-state index in [-0.39, 0.29) is 5.41 Å². The highest BCUT2D eigenvalue weighted by Gasteiger charge is 2.48. The standard InChI is InChI=1S/C10H17ClN2/c1-7(2)10(4-5-10)9(12)8(11)6-13-3/h6-7H,4-5,12H2,1-3H3/b9-8+,13-6?. The molecule has 0 aromatic rings. The third-order valence-electron chi connectivity index (χ3n) is 2.93. The van der Waals surface area contributed by atoms with Crippen LogP contribution in [0.1, 0.15) is 26.7 Å². The van der Waals surface area contributed by atoms with E-state index < -0.39 is 0 Å². The SMILES string of the molecule is CN=C/C(Cl)=C(\N)C1(C(C)C)CC1. The van der Waals surface area contributed by atoms with Gasteiger partial charge < -0.3 is 5.73 Å². The summed E-state index contributed by atoms with van der Waals surface area (Å²) in [6.45, 7) is 4.38. The second-order valence-corrected chi connectivity index (χ2v) is 4.37. The molecule has 13 heavy (non-hydrogen) atoms. The smallest absolute Gasteiger partial charge is 0.0777 e. The molecule has 0 heterocycles. The third kappa shape index (κ3) is 1.88. The van der Waals surface area contributed by atoms with Gasteiger partial charge in [0.25, 0.3) is 0 Å². The first-order valence-corrected chi connectivity index (χ1v) is 5.00. The van der Waals surface area contributed by atoms with Crippen molar-refractivity contribution in [2.75, 3.05) is 7.05 Å². The molecule has 0 saturated heterocycles. The summed E-state index contributed by atoms with van der Waals surface area (Å²) in [6.07, 6.45) is 3.94. The van der Waals surface area contributed by atoms with Gasteiger partial charge in [-0.25, -0.2) is 0 Å². The van der Waals surface area contributed by atoms with E-state index in [9.17, 15) is 0 Å². The van der Waals surface area contributed by atoms with E-state index in [0.29, 0.717) is 11.0 Å². The van der Waals surface area contributed by atoms with Gasteiger partial charge in [0.1, 0.15) is 0 Å². The van der Waals surface area contributed by atoms with E-state index >= 15 is 0 Å². The van der Waals surface area contributed by atoms with Crippen LogP contribution in [0, 0.1) is 11.3 Å². The molecular formula is C10H17ClN2. The minimum absolute atomic E-state index is 0.165. The number of nitrogens with two attached hydrogens (primary N) is 1. The zero-order chi connectivity index (χ0) is 10.1. The van der Waals surface area contributed by atoms with Crippen molar-refractivity contribution in [3.05, 3.63) is 10.7 Å². The van der Waals surface area contributed by atoms with Crippen LogP contribution >= 0.6 is 11.6 Å². The highest BCUT2D eigenvalue weighted by Crippen LogP contribution is 2.56. The second kappa shape index (κ2) is 3.70. The molecule has 0 amide bonds. The summed E-state index contributed by atoms with van der Waals surface area (Å²) >= 11 is 6.01. The molecule has 0 aliphatic heterocycles. The lowest BCUT2D eigenvalue weighted by Gasteiger charge is -2.20. The Balaban J connectivity index is 2.88. The fourth-order valence-corrected chi connectivity index (χ4v) is 2.00. The number of nitrogens with zero attached hydrogens (tertiary/aromatic N) is 1.